The van der Waals surface area contributed by atoms with Crippen LogP contribution in [0.3, 0.4) is 0 Å². The lowest BCUT2D eigenvalue weighted by molar-refractivity contribution is -0.914. The van der Waals surface area contributed by atoms with Gasteiger partial charge in [-0.15, -0.1) is 0 Å². The van der Waals surface area contributed by atoms with Crippen LogP contribution >= 0.6 is 0 Å². The van der Waals surface area contributed by atoms with E-state index in [0.29, 0.717) is 11.3 Å². The first-order valence-electron chi connectivity index (χ1n) is 10.8. The molecular formula is C24H28N3O5+. The van der Waals surface area contributed by atoms with Crippen molar-refractivity contribution in [3.8, 4) is 5.75 Å². The number of ether oxygens (including phenoxy) is 2. The van der Waals surface area contributed by atoms with Crippen molar-refractivity contribution in [1.29, 1.82) is 0 Å². The Morgan fingerprint density at radius 1 is 1.12 bits per heavy atom. The smallest absolute Gasteiger partial charge is 0.411 e. The predicted octanol–water partition coefficient (Wildman–Crippen LogP) is 2.28. The Bertz CT molecular complexity index is 1130. The first kappa shape index (κ1) is 21.7. The number of carbonyl (C=O) groups excluding carboxylic acids is 1. The topological polar surface area (TPSA) is 85.5 Å². The van der Waals surface area contributed by atoms with Gasteiger partial charge in [-0.05, 0) is 43.3 Å². The number of methoxy groups -OCH3 is 1. The summed E-state index contributed by atoms with van der Waals surface area (Å²) in [5, 5.41) is 3.52. The van der Waals surface area contributed by atoms with Crippen molar-refractivity contribution in [2.24, 2.45) is 0 Å². The third-order valence-corrected chi connectivity index (χ3v) is 5.70. The monoisotopic (exact) mass is 438 g/mol. The summed E-state index contributed by atoms with van der Waals surface area (Å²) in [5.41, 5.74) is 2.73. The largest absolute Gasteiger partial charge is 0.497 e. The molecule has 1 saturated heterocycles. The van der Waals surface area contributed by atoms with Gasteiger partial charge in [-0.3, -0.25) is 5.32 Å². The molecule has 0 radical (unpaired) electrons. The molecule has 0 spiro atoms. The van der Waals surface area contributed by atoms with Crippen molar-refractivity contribution in [2.75, 3.05) is 50.1 Å². The average Bonchev–Trinajstić information content (AvgIpc) is 2.79. The van der Waals surface area contributed by atoms with E-state index in [2.05, 4.69) is 22.3 Å². The van der Waals surface area contributed by atoms with E-state index >= 15 is 0 Å². The van der Waals surface area contributed by atoms with Crippen molar-refractivity contribution in [3.05, 3.63) is 64.5 Å². The third kappa shape index (κ3) is 5.03. The average molecular weight is 439 g/mol. The van der Waals surface area contributed by atoms with Gasteiger partial charge in [0, 0.05) is 34.5 Å². The van der Waals surface area contributed by atoms with Crippen molar-refractivity contribution in [2.45, 2.75) is 13.5 Å². The van der Waals surface area contributed by atoms with E-state index in [0.717, 1.165) is 49.4 Å². The Morgan fingerprint density at radius 3 is 2.56 bits per heavy atom. The first-order chi connectivity index (χ1) is 15.6. The van der Waals surface area contributed by atoms with Crippen LogP contribution in [0.15, 0.2) is 57.7 Å². The molecule has 0 atom stereocenters. The summed E-state index contributed by atoms with van der Waals surface area (Å²) in [4.78, 5) is 27.6. The molecule has 1 aliphatic heterocycles. The van der Waals surface area contributed by atoms with Crippen LogP contribution in [0.5, 0.6) is 5.75 Å². The molecule has 2 aromatic carbocycles. The van der Waals surface area contributed by atoms with Crippen LogP contribution in [0, 0.1) is 0 Å². The Kier molecular flexibility index (Phi) is 6.61. The molecule has 1 aromatic heterocycles. The summed E-state index contributed by atoms with van der Waals surface area (Å²) in [7, 11) is 1.67. The molecular weight excluding hydrogens is 410 g/mol. The minimum atomic E-state index is -0.537. The lowest BCUT2D eigenvalue weighted by atomic mass is 10.1. The number of piperazine rings is 1. The molecule has 0 unspecified atom stereocenters. The third-order valence-electron chi connectivity index (χ3n) is 5.70. The molecule has 2 heterocycles. The standard InChI is InChI=1S/C24H27N3O5/c1-3-31-24(29)25-18-4-9-21-17(14-23(28)32-22(21)15-18)16-26-10-12-27(13-11-26)19-5-7-20(30-2)8-6-19/h4-9,14-15H,3,10-13,16H2,1-2H3,(H,25,29)/p+1. The van der Waals surface area contributed by atoms with Crippen molar-refractivity contribution in [1.82, 2.24) is 0 Å². The second-order valence-corrected chi connectivity index (χ2v) is 7.76. The second-order valence-electron chi connectivity index (χ2n) is 7.76. The van der Waals surface area contributed by atoms with Crippen LogP contribution in [0.1, 0.15) is 12.5 Å². The molecule has 168 valence electrons. The van der Waals surface area contributed by atoms with Crippen molar-refractivity contribution < 1.29 is 23.6 Å². The number of quaternary nitrogens is 1. The molecule has 0 saturated carbocycles. The normalized spacial score (nSPS) is 14.4. The molecule has 2 N–H and O–H groups in total. The summed E-state index contributed by atoms with van der Waals surface area (Å²) in [6.45, 7) is 6.58. The van der Waals surface area contributed by atoms with Crippen LogP contribution in [-0.4, -0.2) is 46.0 Å². The number of nitrogens with one attached hydrogen (secondary N) is 2. The van der Waals surface area contributed by atoms with Gasteiger partial charge in [0.2, 0.25) is 0 Å². The van der Waals surface area contributed by atoms with E-state index in [4.69, 9.17) is 13.9 Å². The highest BCUT2D eigenvalue weighted by Gasteiger charge is 2.22. The van der Waals surface area contributed by atoms with E-state index in [-0.39, 0.29) is 6.61 Å². The SMILES string of the molecule is CCOC(=O)Nc1ccc2c(C[NH+]3CCN(c4ccc(OC)cc4)CC3)cc(=O)oc2c1. The van der Waals surface area contributed by atoms with E-state index in [9.17, 15) is 9.59 Å². The lowest BCUT2D eigenvalue weighted by Gasteiger charge is -2.33. The summed E-state index contributed by atoms with van der Waals surface area (Å²) in [6.07, 6.45) is -0.537. The molecule has 8 nitrogen and oxygen atoms in total. The van der Waals surface area contributed by atoms with Crippen LogP contribution in [0.2, 0.25) is 0 Å². The van der Waals surface area contributed by atoms with Crippen LogP contribution in [0.4, 0.5) is 16.2 Å². The number of hydrogen-bond donors (Lipinski definition) is 2. The van der Waals surface area contributed by atoms with Gasteiger partial charge in [-0.1, -0.05) is 0 Å². The molecule has 1 fully saturated rings. The number of nitrogens with zero attached hydrogens (tertiary/aromatic N) is 1. The highest BCUT2D eigenvalue weighted by Crippen LogP contribution is 2.22. The number of fused-ring (bicyclic) bond motifs is 1. The van der Waals surface area contributed by atoms with E-state index < -0.39 is 11.7 Å². The molecule has 3 aromatic rings. The predicted molar refractivity (Wildman–Crippen MR) is 123 cm³/mol. The lowest BCUT2D eigenvalue weighted by Crippen LogP contribution is -3.13. The van der Waals surface area contributed by atoms with Crippen molar-refractivity contribution in [3.63, 3.8) is 0 Å². The zero-order chi connectivity index (χ0) is 22.5. The van der Waals surface area contributed by atoms with E-state index in [1.54, 1.807) is 32.2 Å². The Hall–Kier alpha value is -3.52. The number of amides is 1. The molecule has 0 aliphatic carbocycles. The fraction of sp³-hybridized carbons (Fsp3) is 0.333. The van der Waals surface area contributed by atoms with E-state index in [1.807, 2.05) is 18.2 Å². The molecule has 8 heteroatoms. The number of anilines is 2. The van der Waals surface area contributed by atoms with Crippen LogP contribution in [0.25, 0.3) is 11.0 Å². The van der Waals surface area contributed by atoms with Gasteiger partial charge in [-0.25, -0.2) is 9.59 Å². The van der Waals surface area contributed by atoms with Gasteiger partial charge in [0.15, 0.2) is 0 Å². The first-order valence-corrected chi connectivity index (χ1v) is 10.8. The van der Waals surface area contributed by atoms with Crippen LogP contribution < -0.4 is 25.5 Å². The number of benzene rings is 2. The quantitative estimate of drug-likeness (QED) is 0.575. The van der Waals surface area contributed by atoms with Gasteiger partial charge in [-0.2, -0.15) is 0 Å². The van der Waals surface area contributed by atoms with Crippen molar-refractivity contribution >= 4 is 28.4 Å². The Morgan fingerprint density at radius 2 is 1.88 bits per heavy atom. The minimum absolute atomic E-state index is 0.285. The molecule has 4 rings (SSSR count). The van der Waals surface area contributed by atoms with Gasteiger partial charge in [0.1, 0.15) is 17.9 Å². The summed E-state index contributed by atoms with van der Waals surface area (Å²) in [5.74, 6) is 0.855. The number of rotatable bonds is 6. The van der Waals surface area contributed by atoms with Gasteiger partial charge in [0.05, 0.1) is 39.9 Å². The molecule has 1 aliphatic rings. The maximum Gasteiger partial charge on any atom is 0.411 e. The number of carbonyl (C=O) groups is 1. The number of hydrogen-bond acceptors (Lipinski definition) is 6. The molecule has 1 amide bonds. The zero-order valence-corrected chi connectivity index (χ0v) is 18.3. The summed E-state index contributed by atoms with van der Waals surface area (Å²) in [6, 6.07) is 15.0. The maximum absolute atomic E-state index is 12.2. The fourth-order valence-electron chi connectivity index (χ4n) is 4.06. The second kappa shape index (κ2) is 9.74. The summed E-state index contributed by atoms with van der Waals surface area (Å²) < 4.78 is 15.5. The highest BCUT2D eigenvalue weighted by molar-refractivity contribution is 5.89. The van der Waals surface area contributed by atoms with Gasteiger partial charge in [0.25, 0.3) is 0 Å². The molecule has 0 bridgehead atoms. The Labute approximate surface area is 186 Å². The van der Waals surface area contributed by atoms with E-state index in [1.165, 1.54) is 10.6 Å². The Balaban J connectivity index is 1.44. The fourth-order valence-corrected chi connectivity index (χ4v) is 4.06. The van der Waals surface area contributed by atoms with Gasteiger partial charge < -0.3 is 23.7 Å². The van der Waals surface area contributed by atoms with Crippen LogP contribution in [-0.2, 0) is 11.3 Å². The summed E-state index contributed by atoms with van der Waals surface area (Å²) >= 11 is 0. The van der Waals surface area contributed by atoms with Gasteiger partial charge >= 0.3 is 11.7 Å². The maximum atomic E-state index is 12.2. The zero-order valence-electron chi connectivity index (χ0n) is 18.3. The molecule has 32 heavy (non-hydrogen) atoms. The highest BCUT2D eigenvalue weighted by atomic mass is 16.5. The minimum Gasteiger partial charge on any atom is -0.497 e.